The number of benzene rings is 1. The van der Waals surface area contributed by atoms with Crippen LogP contribution in [0, 0.1) is 10.1 Å². The van der Waals surface area contributed by atoms with Crippen LogP contribution in [-0.4, -0.2) is 27.1 Å². The number of nitro benzene ring substituents is 1. The first-order chi connectivity index (χ1) is 9.31. The molecule has 0 aliphatic heterocycles. The van der Waals surface area contributed by atoms with Gasteiger partial charge in [-0.3, -0.25) is 10.1 Å². The first-order valence-corrected chi connectivity index (χ1v) is 7.75. The Balaban J connectivity index is 3.46. The summed E-state index contributed by atoms with van der Waals surface area (Å²) in [6.45, 7) is -0.0250. The molecule has 1 rings (SSSR count). The van der Waals surface area contributed by atoms with Gasteiger partial charge in [0, 0.05) is 22.3 Å². The van der Waals surface area contributed by atoms with E-state index in [0.29, 0.717) is 0 Å². The molecule has 0 saturated carbocycles. The maximum absolute atomic E-state index is 11.4. The van der Waals surface area contributed by atoms with Crippen LogP contribution in [0.2, 0.25) is 0 Å². The highest BCUT2D eigenvalue weighted by Gasteiger charge is 2.25. The number of hydrogen-bond donors (Lipinski definition) is 0. The van der Waals surface area contributed by atoms with E-state index in [4.69, 9.17) is 31.8 Å². The number of nitro groups is 1. The minimum Gasteiger partial charge on any atom is -0.492 e. The van der Waals surface area contributed by atoms with E-state index in [-0.39, 0.29) is 18.1 Å². The average Bonchev–Trinajstić information content (AvgIpc) is 2.36. The molecule has 0 unspecified atom stereocenters. The lowest BCUT2D eigenvalue weighted by Crippen LogP contribution is -2.03. The molecule has 110 valence electrons. The first-order valence-electron chi connectivity index (χ1n) is 5.00. The van der Waals surface area contributed by atoms with Gasteiger partial charge in [-0.25, -0.2) is 8.42 Å². The van der Waals surface area contributed by atoms with Crippen LogP contribution in [0.5, 0.6) is 11.5 Å². The lowest BCUT2D eigenvalue weighted by Gasteiger charge is -2.12. The van der Waals surface area contributed by atoms with Crippen LogP contribution in [0.1, 0.15) is 0 Å². The van der Waals surface area contributed by atoms with E-state index in [0.717, 1.165) is 12.1 Å². The largest absolute Gasteiger partial charge is 0.492 e. The van der Waals surface area contributed by atoms with Crippen molar-refractivity contribution in [2.24, 2.45) is 0 Å². The highest BCUT2D eigenvalue weighted by atomic mass is 35.7. The summed E-state index contributed by atoms with van der Waals surface area (Å²) in [5, 5.41) is 10.8. The Morgan fingerprint density at radius 1 is 1.45 bits per heavy atom. The van der Waals surface area contributed by atoms with Crippen LogP contribution >= 0.6 is 22.3 Å². The molecule has 1 aromatic carbocycles. The molecular formula is C10H9Cl2NO6S. The average molecular weight is 342 g/mol. The lowest BCUT2D eigenvalue weighted by atomic mass is 10.3. The third kappa shape index (κ3) is 3.99. The zero-order chi connectivity index (χ0) is 15.3. The Bertz CT molecular complexity index is 643. The maximum Gasteiger partial charge on any atom is 0.274 e. The molecule has 0 N–H and O–H groups in total. The summed E-state index contributed by atoms with van der Waals surface area (Å²) in [5.41, 5.74) is 0.693. The summed E-state index contributed by atoms with van der Waals surface area (Å²) in [5.74, 6) is -0.343. The topological polar surface area (TPSA) is 95.7 Å². The number of nitrogens with zero attached hydrogens (tertiary/aromatic N) is 1. The van der Waals surface area contributed by atoms with Gasteiger partial charge in [-0.15, -0.1) is 0 Å². The van der Waals surface area contributed by atoms with Gasteiger partial charge in [-0.05, 0) is 6.08 Å². The van der Waals surface area contributed by atoms with Crippen LogP contribution < -0.4 is 9.47 Å². The number of hydrogen-bond acceptors (Lipinski definition) is 6. The molecule has 0 radical (unpaired) electrons. The molecule has 0 fully saturated rings. The van der Waals surface area contributed by atoms with Gasteiger partial charge in [-0.1, -0.05) is 11.6 Å². The van der Waals surface area contributed by atoms with Gasteiger partial charge in [0.25, 0.3) is 14.7 Å². The van der Waals surface area contributed by atoms with Gasteiger partial charge in [-0.2, -0.15) is 0 Å². The van der Waals surface area contributed by atoms with Crippen LogP contribution in [-0.2, 0) is 9.05 Å². The van der Waals surface area contributed by atoms with Crippen LogP contribution in [0.15, 0.2) is 28.6 Å². The summed E-state index contributed by atoms with van der Waals surface area (Å²) >= 11 is 5.31. The molecule has 0 aromatic heterocycles. The quantitative estimate of drug-likeness (QED) is 0.448. The fourth-order valence-electron chi connectivity index (χ4n) is 1.33. The number of rotatable bonds is 6. The van der Waals surface area contributed by atoms with Gasteiger partial charge in [0.2, 0.25) is 0 Å². The van der Waals surface area contributed by atoms with Gasteiger partial charge < -0.3 is 9.47 Å². The molecule has 1 aromatic rings. The van der Waals surface area contributed by atoms with Gasteiger partial charge in [0.05, 0.1) is 18.1 Å². The summed E-state index contributed by atoms with van der Waals surface area (Å²) in [6, 6.07) is 1.83. The standard InChI is InChI=1S/C10H9Cl2NO6S/c1-18-10-8(19-4-2-3-11)5-7(13(14)15)6-9(10)20(12,16)17/h2-3,5-6H,4H2,1H3/b3-2+. The van der Waals surface area contributed by atoms with Crippen LogP contribution in [0.3, 0.4) is 0 Å². The van der Waals surface area contributed by atoms with Gasteiger partial charge in [0.15, 0.2) is 11.5 Å². The second-order valence-electron chi connectivity index (χ2n) is 3.34. The van der Waals surface area contributed by atoms with E-state index in [1.54, 1.807) is 0 Å². The van der Waals surface area contributed by atoms with Crippen molar-refractivity contribution < 1.29 is 22.8 Å². The van der Waals surface area contributed by atoms with Crippen LogP contribution in [0.25, 0.3) is 0 Å². The molecule has 0 spiro atoms. The van der Waals surface area contributed by atoms with Crippen LogP contribution in [0.4, 0.5) is 5.69 Å². The summed E-state index contributed by atoms with van der Waals surface area (Å²) in [4.78, 5) is 9.49. The van der Waals surface area contributed by atoms with Gasteiger partial charge >= 0.3 is 0 Å². The van der Waals surface area contributed by atoms with Gasteiger partial charge in [0.1, 0.15) is 11.5 Å². The molecule has 0 atom stereocenters. The Hall–Kier alpha value is -1.51. The predicted molar refractivity (Wildman–Crippen MR) is 73.2 cm³/mol. The SMILES string of the molecule is COc1c(OC/C=C/Cl)cc([N+](=O)[O-])cc1S(=O)(=O)Cl. The zero-order valence-electron chi connectivity index (χ0n) is 10.1. The second kappa shape index (κ2) is 6.78. The predicted octanol–water partition coefficient (Wildman–Crippen LogP) is 2.66. The smallest absolute Gasteiger partial charge is 0.274 e. The Morgan fingerprint density at radius 2 is 2.10 bits per heavy atom. The van der Waals surface area contributed by atoms with Crippen molar-refractivity contribution in [3.05, 3.63) is 33.9 Å². The molecule has 0 heterocycles. The third-order valence-corrected chi connectivity index (χ3v) is 3.61. The number of methoxy groups -OCH3 is 1. The monoisotopic (exact) mass is 341 g/mol. The fraction of sp³-hybridized carbons (Fsp3) is 0.200. The highest BCUT2D eigenvalue weighted by Crippen LogP contribution is 2.39. The molecule has 0 saturated heterocycles. The Kier molecular flexibility index (Phi) is 5.61. The number of halogens is 2. The maximum atomic E-state index is 11.4. The van der Waals surface area contributed by atoms with Crippen molar-refractivity contribution in [2.45, 2.75) is 4.90 Å². The number of ether oxygens (including phenoxy) is 2. The zero-order valence-corrected chi connectivity index (χ0v) is 12.4. The molecule has 7 nitrogen and oxygen atoms in total. The lowest BCUT2D eigenvalue weighted by molar-refractivity contribution is -0.385. The molecule has 0 aliphatic carbocycles. The van der Waals surface area contributed by atoms with Crippen molar-refractivity contribution in [3.8, 4) is 11.5 Å². The van der Waals surface area contributed by atoms with Crippen molar-refractivity contribution in [1.29, 1.82) is 0 Å². The minimum absolute atomic E-state index is 0.0250. The van der Waals surface area contributed by atoms with E-state index in [1.165, 1.54) is 18.7 Å². The van der Waals surface area contributed by atoms with E-state index >= 15 is 0 Å². The number of non-ortho nitro benzene ring substituents is 1. The van der Waals surface area contributed by atoms with E-state index in [2.05, 4.69) is 0 Å². The Labute approximate surface area is 124 Å². The summed E-state index contributed by atoms with van der Waals surface area (Å²) in [6.07, 6.45) is 1.41. The highest BCUT2D eigenvalue weighted by molar-refractivity contribution is 8.13. The van der Waals surface area contributed by atoms with Crippen molar-refractivity contribution >= 4 is 37.0 Å². The summed E-state index contributed by atoms with van der Waals surface area (Å²) < 4.78 is 33.0. The first kappa shape index (κ1) is 16.5. The minimum atomic E-state index is -4.24. The molecule has 0 aliphatic rings. The summed E-state index contributed by atoms with van der Waals surface area (Å²) in [7, 11) is 2.19. The van der Waals surface area contributed by atoms with E-state index < -0.39 is 24.6 Å². The third-order valence-electron chi connectivity index (χ3n) is 2.11. The molecular weight excluding hydrogens is 333 g/mol. The molecule has 20 heavy (non-hydrogen) atoms. The van der Waals surface area contributed by atoms with E-state index in [1.807, 2.05) is 0 Å². The van der Waals surface area contributed by atoms with E-state index in [9.17, 15) is 18.5 Å². The second-order valence-corrected chi connectivity index (χ2v) is 6.13. The molecule has 0 amide bonds. The molecule has 10 heteroatoms. The normalized spacial score (nSPS) is 11.6. The Morgan fingerprint density at radius 3 is 2.55 bits per heavy atom. The fourth-order valence-corrected chi connectivity index (χ4v) is 2.42. The van der Waals surface area contributed by atoms with Crippen molar-refractivity contribution in [1.82, 2.24) is 0 Å². The van der Waals surface area contributed by atoms with Crippen molar-refractivity contribution in [3.63, 3.8) is 0 Å². The molecule has 0 bridgehead atoms. The van der Waals surface area contributed by atoms with Crippen molar-refractivity contribution in [2.75, 3.05) is 13.7 Å².